The molecule has 1 heterocycles. The summed E-state index contributed by atoms with van der Waals surface area (Å²) in [5, 5.41) is 9.35. The van der Waals surface area contributed by atoms with E-state index < -0.39 is 25.2 Å². The number of likely N-dealkylation sites (N-methyl/N-ethyl adjacent to an activating group) is 1. The number of ether oxygens (including phenoxy) is 2. The summed E-state index contributed by atoms with van der Waals surface area (Å²) >= 11 is 0. The molecule has 0 aliphatic carbocycles. The van der Waals surface area contributed by atoms with E-state index in [-0.39, 0.29) is 0 Å². The van der Waals surface area contributed by atoms with Crippen molar-refractivity contribution in [3.05, 3.63) is 30.0 Å². The summed E-state index contributed by atoms with van der Waals surface area (Å²) < 4.78 is 10.1. The lowest BCUT2D eigenvalue weighted by Gasteiger charge is -2.10. The van der Waals surface area contributed by atoms with E-state index in [1.165, 1.54) is 0 Å². The summed E-state index contributed by atoms with van der Waals surface area (Å²) in [6.07, 6.45) is 2.73. The maximum atomic E-state index is 11.8. The number of fused-ring (bicyclic) bond motifs is 1. The molecule has 0 fully saturated rings. The van der Waals surface area contributed by atoms with Crippen molar-refractivity contribution in [1.82, 2.24) is 9.88 Å². The number of carbonyl (C=O) groups is 2. The summed E-state index contributed by atoms with van der Waals surface area (Å²) in [4.78, 5) is 27.4. The number of aliphatic carboxylic acids is 1. The average Bonchev–Trinajstić information content (AvgIpc) is 2.89. The predicted molar refractivity (Wildman–Crippen MR) is 84.6 cm³/mol. The molecule has 0 saturated carbocycles. The van der Waals surface area contributed by atoms with E-state index in [4.69, 9.17) is 14.6 Å². The second-order valence-electron chi connectivity index (χ2n) is 5.41. The number of hydrogen-bond acceptors (Lipinski definition) is 5. The molecule has 0 spiro atoms. The Hall–Kier alpha value is -2.38. The van der Waals surface area contributed by atoms with Crippen LogP contribution in [0.1, 0.15) is 5.56 Å². The van der Waals surface area contributed by atoms with Crippen LogP contribution >= 0.6 is 0 Å². The number of carboxylic acids is 1. The largest absolute Gasteiger partial charge is 0.480 e. The Morgan fingerprint density at radius 1 is 1.26 bits per heavy atom. The van der Waals surface area contributed by atoms with Gasteiger partial charge in [-0.3, -0.25) is 0 Å². The molecule has 7 nitrogen and oxygen atoms in total. The Labute approximate surface area is 133 Å². The van der Waals surface area contributed by atoms with Crippen LogP contribution in [0.5, 0.6) is 5.75 Å². The maximum Gasteiger partial charge on any atom is 0.337 e. The van der Waals surface area contributed by atoms with Crippen molar-refractivity contribution in [2.45, 2.75) is 6.42 Å². The second-order valence-corrected chi connectivity index (χ2v) is 5.41. The van der Waals surface area contributed by atoms with Gasteiger partial charge in [-0.25, -0.2) is 9.59 Å². The molecule has 0 aliphatic rings. The minimum Gasteiger partial charge on any atom is -0.480 e. The van der Waals surface area contributed by atoms with Crippen LogP contribution in [-0.2, 0) is 20.7 Å². The van der Waals surface area contributed by atoms with Crippen molar-refractivity contribution < 1.29 is 24.2 Å². The molecule has 2 rings (SSSR count). The van der Waals surface area contributed by atoms with Gasteiger partial charge in [0, 0.05) is 23.6 Å². The molecule has 0 bridgehead atoms. The van der Waals surface area contributed by atoms with Crippen LogP contribution in [0.2, 0.25) is 0 Å². The van der Waals surface area contributed by atoms with Gasteiger partial charge in [-0.15, -0.1) is 0 Å². The molecule has 0 aliphatic heterocycles. The van der Waals surface area contributed by atoms with Gasteiger partial charge in [0.25, 0.3) is 0 Å². The number of aromatic amines is 1. The lowest BCUT2D eigenvalue weighted by Crippen LogP contribution is -2.19. The van der Waals surface area contributed by atoms with Gasteiger partial charge in [0.1, 0.15) is 19.0 Å². The first kappa shape index (κ1) is 17.0. The zero-order chi connectivity index (χ0) is 16.8. The molecular weight excluding hydrogens is 300 g/mol. The SMILES string of the molecule is CN(C)CCc1c[nH]c2cccc(OC(=O)COCC(=O)O)c12. The highest BCUT2D eigenvalue weighted by atomic mass is 16.6. The van der Waals surface area contributed by atoms with Gasteiger partial charge in [-0.1, -0.05) is 6.07 Å². The normalized spacial score (nSPS) is 11.1. The molecule has 0 amide bonds. The third-order valence-corrected chi connectivity index (χ3v) is 3.25. The van der Waals surface area contributed by atoms with E-state index in [1.54, 1.807) is 12.1 Å². The third kappa shape index (κ3) is 4.80. The first-order valence-corrected chi connectivity index (χ1v) is 7.21. The summed E-state index contributed by atoms with van der Waals surface area (Å²) in [6, 6.07) is 5.41. The highest BCUT2D eigenvalue weighted by Crippen LogP contribution is 2.29. The van der Waals surface area contributed by atoms with Crippen LogP contribution in [-0.4, -0.2) is 60.8 Å². The second kappa shape index (κ2) is 7.75. The highest BCUT2D eigenvalue weighted by Gasteiger charge is 2.13. The van der Waals surface area contributed by atoms with Gasteiger partial charge in [0.15, 0.2) is 0 Å². The molecule has 0 unspecified atom stereocenters. The fourth-order valence-corrected chi connectivity index (χ4v) is 2.22. The number of carboxylic acid groups (broad SMARTS) is 1. The number of carbonyl (C=O) groups excluding carboxylic acids is 1. The minimum atomic E-state index is -1.13. The van der Waals surface area contributed by atoms with E-state index in [2.05, 4.69) is 9.88 Å². The first-order valence-electron chi connectivity index (χ1n) is 7.21. The molecule has 1 aromatic carbocycles. The lowest BCUT2D eigenvalue weighted by atomic mass is 10.1. The van der Waals surface area contributed by atoms with Crippen molar-refractivity contribution >= 4 is 22.8 Å². The van der Waals surface area contributed by atoms with Crippen molar-refractivity contribution in [2.75, 3.05) is 33.9 Å². The molecule has 0 radical (unpaired) electrons. The van der Waals surface area contributed by atoms with Crippen LogP contribution in [0.15, 0.2) is 24.4 Å². The van der Waals surface area contributed by atoms with Crippen molar-refractivity contribution in [2.24, 2.45) is 0 Å². The molecule has 2 N–H and O–H groups in total. The molecule has 0 saturated heterocycles. The standard InChI is InChI=1S/C16H20N2O5/c1-18(2)7-6-11-8-17-12-4-3-5-13(16(11)12)23-15(21)10-22-9-14(19)20/h3-5,8,17H,6-7,9-10H2,1-2H3,(H,19,20). The molecule has 0 atom stereocenters. The van der Waals surface area contributed by atoms with E-state index in [0.717, 1.165) is 29.4 Å². The van der Waals surface area contributed by atoms with Crippen LogP contribution in [0, 0.1) is 0 Å². The van der Waals surface area contributed by atoms with Crippen LogP contribution < -0.4 is 4.74 Å². The van der Waals surface area contributed by atoms with Gasteiger partial charge in [-0.2, -0.15) is 0 Å². The van der Waals surface area contributed by atoms with Crippen molar-refractivity contribution in [3.63, 3.8) is 0 Å². The number of aromatic nitrogens is 1. The van der Waals surface area contributed by atoms with Crippen LogP contribution in [0.25, 0.3) is 10.9 Å². The topological polar surface area (TPSA) is 91.9 Å². The number of nitrogens with one attached hydrogen (secondary N) is 1. The number of benzene rings is 1. The zero-order valence-corrected chi connectivity index (χ0v) is 13.2. The van der Waals surface area contributed by atoms with Crippen molar-refractivity contribution in [3.8, 4) is 5.75 Å². The molecule has 2 aromatic rings. The van der Waals surface area contributed by atoms with E-state index >= 15 is 0 Å². The minimum absolute atomic E-state index is 0.403. The van der Waals surface area contributed by atoms with E-state index in [1.807, 2.05) is 26.4 Å². The maximum absolute atomic E-state index is 11.8. The van der Waals surface area contributed by atoms with Crippen LogP contribution in [0.3, 0.4) is 0 Å². The van der Waals surface area contributed by atoms with Gasteiger partial charge in [0.2, 0.25) is 0 Å². The molecule has 7 heteroatoms. The molecule has 1 aromatic heterocycles. The number of hydrogen-bond donors (Lipinski definition) is 2. The quantitative estimate of drug-likeness (QED) is 0.562. The Morgan fingerprint density at radius 2 is 2.04 bits per heavy atom. The van der Waals surface area contributed by atoms with Crippen molar-refractivity contribution in [1.29, 1.82) is 0 Å². The van der Waals surface area contributed by atoms with Gasteiger partial charge in [-0.05, 0) is 38.2 Å². The van der Waals surface area contributed by atoms with E-state index in [9.17, 15) is 9.59 Å². The van der Waals surface area contributed by atoms with E-state index in [0.29, 0.717) is 5.75 Å². The summed E-state index contributed by atoms with van der Waals surface area (Å²) in [5.74, 6) is -1.31. The summed E-state index contributed by atoms with van der Waals surface area (Å²) in [5.41, 5.74) is 1.94. The van der Waals surface area contributed by atoms with Crippen LogP contribution in [0.4, 0.5) is 0 Å². The van der Waals surface area contributed by atoms with Gasteiger partial charge in [0.05, 0.1) is 0 Å². The first-order chi connectivity index (χ1) is 11.0. The smallest absolute Gasteiger partial charge is 0.337 e. The Morgan fingerprint density at radius 3 is 2.74 bits per heavy atom. The Kier molecular flexibility index (Phi) is 5.72. The summed E-state index contributed by atoms with van der Waals surface area (Å²) in [7, 11) is 3.99. The fraction of sp³-hybridized carbons (Fsp3) is 0.375. The number of H-pyrrole nitrogens is 1. The number of rotatable bonds is 8. The lowest BCUT2D eigenvalue weighted by molar-refractivity contribution is -0.147. The third-order valence-electron chi connectivity index (χ3n) is 3.25. The fourth-order valence-electron chi connectivity index (χ4n) is 2.22. The predicted octanol–water partition coefficient (Wildman–Crippen LogP) is 1.28. The van der Waals surface area contributed by atoms with Gasteiger partial charge >= 0.3 is 11.9 Å². The summed E-state index contributed by atoms with van der Waals surface area (Å²) in [6.45, 7) is -0.0609. The molecular formula is C16H20N2O5. The molecule has 23 heavy (non-hydrogen) atoms. The number of nitrogens with zero attached hydrogens (tertiary/aromatic N) is 1. The Balaban J connectivity index is 2.11. The molecule has 124 valence electrons. The Bertz CT molecular complexity index is 693. The van der Waals surface area contributed by atoms with Gasteiger partial charge < -0.3 is 24.5 Å². The highest BCUT2D eigenvalue weighted by molar-refractivity contribution is 5.91. The average molecular weight is 320 g/mol. The number of esters is 1. The zero-order valence-electron chi connectivity index (χ0n) is 13.2. The monoisotopic (exact) mass is 320 g/mol.